The number of imidazole rings is 1. The maximum atomic E-state index is 11.9. The largest absolute Gasteiger partial charge is 0.477 e. The number of nitrogens with one attached hydrogen (secondary N) is 2. The van der Waals surface area contributed by atoms with E-state index in [0.717, 1.165) is 5.92 Å². The Labute approximate surface area is 104 Å². The first-order chi connectivity index (χ1) is 8.62. The van der Waals surface area contributed by atoms with Gasteiger partial charge in [-0.25, -0.2) is 9.78 Å². The molecular weight excluding hydrogens is 234 g/mol. The number of carbonyl (C=O) groups excluding carboxylic acids is 1. The van der Waals surface area contributed by atoms with Crippen molar-refractivity contribution in [1.82, 2.24) is 15.3 Å². The highest BCUT2D eigenvalue weighted by Crippen LogP contribution is 2.60. The minimum atomic E-state index is -1.17. The van der Waals surface area contributed by atoms with Gasteiger partial charge in [-0.2, -0.15) is 0 Å². The highest BCUT2D eigenvalue weighted by molar-refractivity contribution is 6.02. The van der Waals surface area contributed by atoms with Crippen LogP contribution in [0.2, 0.25) is 0 Å². The summed E-state index contributed by atoms with van der Waals surface area (Å²) in [5.41, 5.74) is 0.118. The van der Waals surface area contributed by atoms with Crippen molar-refractivity contribution >= 4 is 11.9 Å². The summed E-state index contributed by atoms with van der Waals surface area (Å²) in [6.07, 6.45) is 6.10. The molecule has 96 valence electrons. The predicted molar refractivity (Wildman–Crippen MR) is 62.3 cm³/mol. The van der Waals surface area contributed by atoms with Crippen LogP contribution in [0.1, 0.15) is 46.7 Å². The Kier molecular flexibility index (Phi) is 2.39. The molecule has 2 aliphatic carbocycles. The minimum absolute atomic E-state index is 0.0332. The summed E-state index contributed by atoms with van der Waals surface area (Å²) >= 11 is 0. The van der Waals surface area contributed by atoms with Crippen LogP contribution in [0.4, 0.5) is 0 Å². The number of hydrogen-bond donors (Lipinski definition) is 3. The second kappa shape index (κ2) is 3.83. The van der Waals surface area contributed by atoms with Gasteiger partial charge in [0.2, 0.25) is 0 Å². The first-order valence-electron chi connectivity index (χ1n) is 6.17. The number of nitrogens with zero attached hydrogens (tertiary/aromatic N) is 1. The smallest absolute Gasteiger partial charge is 0.354 e. The van der Waals surface area contributed by atoms with Crippen molar-refractivity contribution < 1.29 is 14.7 Å². The molecule has 1 aromatic rings. The van der Waals surface area contributed by atoms with Crippen LogP contribution < -0.4 is 5.32 Å². The van der Waals surface area contributed by atoms with Gasteiger partial charge >= 0.3 is 5.97 Å². The van der Waals surface area contributed by atoms with Crippen LogP contribution in [0, 0.1) is 11.3 Å². The van der Waals surface area contributed by atoms with E-state index in [4.69, 9.17) is 5.11 Å². The minimum Gasteiger partial charge on any atom is -0.477 e. The van der Waals surface area contributed by atoms with Gasteiger partial charge in [-0.1, -0.05) is 0 Å². The third kappa shape index (κ3) is 1.87. The van der Waals surface area contributed by atoms with Gasteiger partial charge in [0.25, 0.3) is 5.91 Å². The van der Waals surface area contributed by atoms with Crippen molar-refractivity contribution in [2.24, 2.45) is 11.3 Å². The summed E-state index contributed by atoms with van der Waals surface area (Å²) in [6.45, 7) is 0.641. The van der Waals surface area contributed by atoms with Gasteiger partial charge < -0.3 is 15.4 Å². The average Bonchev–Trinajstić information content (AvgIpc) is 3.23. The van der Waals surface area contributed by atoms with E-state index in [-0.39, 0.29) is 11.4 Å². The van der Waals surface area contributed by atoms with Gasteiger partial charge in [0.15, 0.2) is 11.4 Å². The van der Waals surface area contributed by atoms with Gasteiger partial charge in [0.05, 0.1) is 6.33 Å². The number of carboxylic acids is 1. The Balaban J connectivity index is 1.64. The topological polar surface area (TPSA) is 95.1 Å². The summed E-state index contributed by atoms with van der Waals surface area (Å²) in [4.78, 5) is 29.0. The molecule has 0 spiro atoms. The van der Waals surface area contributed by atoms with Gasteiger partial charge in [0.1, 0.15) is 0 Å². The molecule has 2 fully saturated rings. The molecule has 6 heteroatoms. The molecule has 6 nitrogen and oxygen atoms in total. The molecule has 0 aromatic carbocycles. The van der Waals surface area contributed by atoms with E-state index >= 15 is 0 Å². The van der Waals surface area contributed by atoms with Crippen molar-refractivity contribution in [3.63, 3.8) is 0 Å². The van der Waals surface area contributed by atoms with Crippen LogP contribution in [0.15, 0.2) is 6.33 Å². The number of amides is 1. The number of hydrogen-bond acceptors (Lipinski definition) is 3. The molecule has 2 saturated carbocycles. The van der Waals surface area contributed by atoms with Crippen molar-refractivity contribution in [2.75, 3.05) is 6.54 Å². The Morgan fingerprint density at radius 3 is 2.78 bits per heavy atom. The van der Waals surface area contributed by atoms with Crippen LogP contribution in [-0.4, -0.2) is 33.5 Å². The molecule has 1 aromatic heterocycles. The molecular formula is C12H15N3O3. The second-order valence-corrected chi connectivity index (χ2v) is 5.25. The number of aromatic amines is 1. The highest BCUT2D eigenvalue weighted by Gasteiger charge is 2.53. The van der Waals surface area contributed by atoms with E-state index in [1.54, 1.807) is 0 Å². The zero-order valence-corrected chi connectivity index (χ0v) is 9.90. The Hall–Kier alpha value is -1.85. The molecule has 3 rings (SSSR count). The molecule has 0 saturated heterocycles. The van der Waals surface area contributed by atoms with Crippen LogP contribution in [0.3, 0.4) is 0 Å². The summed E-state index contributed by atoms with van der Waals surface area (Å²) in [7, 11) is 0. The monoisotopic (exact) mass is 249 g/mol. The molecule has 3 N–H and O–H groups in total. The Bertz CT molecular complexity index is 500. The molecule has 0 unspecified atom stereocenters. The van der Waals surface area contributed by atoms with Gasteiger partial charge in [-0.15, -0.1) is 0 Å². The van der Waals surface area contributed by atoms with E-state index < -0.39 is 11.9 Å². The van der Waals surface area contributed by atoms with Gasteiger partial charge in [-0.3, -0.25) is 4.79 Å². The average molecular weight is 249 g/mol. The summed E-state index contributed by atoms with van der Waals surface area (Å²) in [6, 6.07) is 0. The van der Waals surface area contributed by atoms with E-state index in [2.05, 4.69) is 15.3 Å². The SMILES string of the molecule is O=C(NCC1(C2CC2)CC1)c1nc[nH]c1C(=O)O. The third-order valence-electron chi connectivity index (χ3n) is 4.00. The van der Waals surface area contributed by atoms with E-state index in [0.29, 0.717) is 12.0 Å². The van der Waals surface area contributed by atoms with Crippen LogP contribution >= 0.6 is 0 Å². The summed E-state index contributed by atoms with van der Waals surface area (Å²) in [5, 5.41) is 11.7. The zero-order valence-electron chi connectivity index (χ0n) is 9.90. The number of aromatic carboxylic acids is 1. The van der Waals surface area contributed by atoms with E-state index in [1.165, 1.54) is 32.0 Å². The molecule has 1 heterocycles. The molecule has 2 aliphatic rings. The second-order valence-electron chi connectivity index (χ2n) is 5.25. The van der Waals surface area contributed by atoms with E-state index in [9.17, 15) is 9.59 Å². The van der Waals surface area contributed by atoms with Crippen molar-refractivity contribution in [1.29, 1.82) is 0 Å². The lowest BCUT2D eigenvalue weighted by atomic mass is 10.0. The zero-order chi connectivity index (χ0) is 12.8. The maximum Gasteiger partial charge on any atom is 0.354 e. The number of aromatic nitrogens is 2. The Morgan fingerprint density at radius 1 is 1.50 bits per heavy atom. The fraction of sp³-hybridized carbons (Fsp3) is 0.583. The number of rotatable bonds is 5. The fourth-order valence-electron chi connectivity index (χ4n) is 2.56. The first-order valence-corrected chi connectivity index (χ1v) is 6.17. The van der Waals surface area contributed by atoms with Gasteiger partial charge in [-0.05, 0) is 37.0 Å². The molecule has 0 bridgehead atoms. The molecule has 0 radical (unpaired) electrons. The number of carbonyl (C=O) groups is 2. The van der Waals surface area contributed by atoms with Crippen LogP contribution in [0.5, 0.6) is 0 Å². The van der Waals surface area contributed by atoms with Gasteiger partial charge in [0, 0.05) is 6.54 Å². The fourth-order valence-corrected chi connectivity index (χ4v) is 2.56. The first kappa shape index (κ1) is 11.3. The quantitative estimate of drug-likeness (QED) is 0.726. The normalized spacial score (nSPS) is 20.4. The van der Waals surface area contributed by atoms with Crippen molar-refractivity contribution in [2.45, 2.75) is 25.7 Å². The third-order valence-corrected chi connectivity index (χ3v) is 4.00. The lowest BCUT2D eigenvalue weighted by Gasteiger charge is -2.14. The Morgan fingerprint density at radius 2 is 2.22 bits per heavy atom. The summed E-state index contributed by atoms with van der Waals surface area (Å²) < 4.78 is 0. The molecule has 18 heavy (non-hydrogen) atoms. The molecule has 0 aliphatic heterocycles. The standard InChI is InChI=1S/C12H15N3O3/c16-10(8-9(11(17)18)15-6-14-8)13-5-12(3-4-12)7-1-2-7/h6-7H,1-5H2,(H,13,16)(H,14,15)(H,17,18). The predicted octanol–water partition coefficient (Wildman–Crippen LogP) is 1.03. The number of carboxylic acid groups (broad SMARTS) is 1. The van der Waals surface area contributed by atoms with E-state index in [1.807, 2.05) is 0 Å². The van der Waals surface area contributed by atoms with Crippen molar-refractivity contribution in [3.05, 3.63) is 17.7 Å². The lowest BCUT2D eigenvalue weighted by Crippen LogP contribution is -2.32. The molecule has 1 amide bonds. The molecule has 0 atom stereocenters. The van der Waals surface area contributed by atoms with Crippen LogP contribution in [-0.2, 0) is 0 Å². The lowest BCUT2D eigenvalue weighted by molar-refractivity contribution is 0.0684. The van der Waals surface area contributed by atoms with Crippen molar-refractivity contribution in [3.8, 4) is 0 Å². The maximum absolute atomic E-state index is 11.9. The highest BCUT2D eigenvalue weighted by atomic mass is 16.4. The number of H-pyrrole nitrogens is 1. The van der Waals surface area contributed by atoms with Crippen LogP contribution in [0.25, 0.3) is 0 Å². The summed E-state index contributed by atoms with van der Waals surface area (Å²) in [5.74, 6) is -0.808.